The van der Waals surface area contributed by atoms with Crippen molar-refractivity contribution in [3.8, 4) is 10.6 Å². The maximum absolute atomic E-state index is 12.7. The van der Waals surface area contributed by atoms with Crippen LogP contribution in [0.2, 0.25) is 0 Å². The van der Waals surface area contributed by atoms with Gasteiger partial charge in [-0.15, -0.1) is 10.2 Å². The summed E-state index contributed by atoms with van der Waals surface area (Å²) in [6, 6.07) is 1.73. The number of hydrogen-bond donors (Lipinski definition) is 2. The summed E-state index contributed by atoms with van der Waals surface area (Å²) in [5.41, 5.74) is 1.02. The predicted molar refractivity (Wildman–Crippen MR) is 91.9 cm³/mol. The largest absolute Gasteiger partial charge is 0.324 e. The molecule has 8 nitrogen and oxygen atoms in total. The van der Waals surface area contributed by atoms with Gasteiger partial charge in [-0.1, -0.05) is 11.3 Å². The Morgan fingerprint density at radius 2 is 2.33 bits per heavy atom. The van der Waals surface area contributed by atoms with Crippen LogP contribution < -0.4 is 5.32 Å². The van der Waals surface area contributed by atoms with Gasteiger partial charge in [0.25, 0.3) is 0 Å². The average molecular weight is 361 g/mol. The summed E-state index contributed by atoms with van der Waals surface area (Å²) in [7, 11) is 0. The smallest absolute Gasteiger partial charge is 0.314 e. The molecule has 0 radical (unpaired) electrons. The Balaban J connectivity index is 1.48. The Hall–Kier alpha value is -2.33. The number of carbonyl (C=O) groups excluding carboxylic acids is 1. The molecule has 2 N–H and O–H groups in total. The molecule has 24 heavy (non-hydrogen) atoms. The standard InChI is InChI=1S/C14H15N7OS2/c22-14(17-13-20-19-12(24-13)9-4-6-23-7-9)21-5-2-1-3-10(21)11-15-8-16-18-11/h4,6-8,10H,1-3,5H2,(H,15,16,18)(H,17,20,22). The molecule has 1 aliphatic heterocycles. The molecule has 10 heteroatoms. The van der Waals surface area contributed by atoms with E-state index in [0.29, 0.717) is 11.7 Å². The van der Waals surface area contributed by atoms with Crippen LogP contribution in [-0.2, 0) is 0 Å². The van der Waals surface area contributed by atoms with E-state index in [1.165, 1.54) is 17.7 Å². The van der Waals surface area contributed by atoms with Gasteiger partial charge in [0.05, 0.1) is 6.04 Å². The number of likely N-dealkylation sites (tertiary alicyclic amines) is 1. The summed E-state index contributed by atoms with van der Waals surface area (Å²) in [5.74, 6) is 0.723. The van der Waals surface area contributed by atoms with Gasteiger partial charge in [0, 0.05) is 17.5 Å². The molecule has 4 rings (SSSR count). The summed E-state index contributed by atoms with van der Waals surface area (Å²) >= 11 is 2.98. The lowest BCUT2D eigenvalue weighted by molar-refractivity contribution is 0.159. The van der Waals surface area contributed by atoms with Gasteiger partial charge >= 0.3 is 6.03 Å². The van der Waals surface area contributed by atoms with Crippen molar-refractivity contribution >= 4 is 33.8 Å². The summed E-state index contributed by atoms with van der Waals surface area (Å²) in [4.78, 5) is 18.7. The van der Waals surface area contributed by atoms with Gasteiger partial charge in [0.2, 0.25) is 5.13 Å². The highest BCUT2D eigenvalue weighted by molar-refractivity contribution is 7.19. The van der Waals surface area contributed by atoms with E-state index in [4.69, 9.17) is 0 Å². The minimum Gasteiger partial charge on any atom is -0.314 e. The lowest BCUT2D eigenvalue weighted by atomic mass is 10.0. The van der Waals surface area contributed by atoms with Crippen molar-refractivity contribution < 1.29 is 4.79 Å². The third-order valence-electron chi connectivity index (χ3n) is 3.92. The molecule has 0 spiro atoms. The van der Waals surface area contributed by atoms with Crippen LogP contribution in [-0.4, -0.2) is 42.9 Å². The van der Waals surface area contributed by atoms with E-state index in [-0.39, 0.29) is 12.1 Å². The Labute approximate surface area is 146 Å². The second kappa shape index (κ2) is 6.65. The molecule has 1 saturated heterocycles. The van der Waals surface area contributed by atoms with Crippen LogP contribution >= 0.6 is 22.7 Å². The lowest BCUT2D eigenvalue weighted by Gasteiger charge is -2.33. The fourth-order valence-electron chi connectivity index (χ4n) is 2.77. The summed E-state index contributed by atoms with van der Waals surface area (Å²) in [5, 5.41) is 23.1. The molecule has 3 aromatic rings. The second-order valence-corrected chi connectivity index (χ2v) is 7.19. The molecule has 0 saturated carbocycles. The number of nitrogens with one attached hydrogen (secondary N) is 2. The number of carbonyl (C=O) groups is 1. The summed E-state index contributed by atoms with van der Waals surface area (Å²) in [6.45, 7) is 0.688. The zero-order valence-corrected chi connectivity index (χ0v) is 14.3. The van der Waals surface area contributed by atoms with E-state index in [1.54, 1.807) is 16.2 Å². The van der Waals surface area contributed by atoms with E-state index in [9.17, 15) is 4.79 Å². The normalized spacial score (nSPS) is 17.8. The van der Waals surface area contributed by atoms with Crippen LogP contribution in [0.5, 0.6) is 0 Å². The number of piperidine rings is 1. The number of rotatable bonds is 3. The second-order valence-electron chi connectivity index (χ2n) is 5.43. The number of hydrogen-bond acceptors (Lipinski definition) is 7. The van der Waals surface area contributed by atoms with Gasteiger partial charge < -0.3 is 4.90 Å². The molecular weight excluding hydrogens is 346 g/mol. The SMILES string of the molecule is O=C(Nc1nnc(-c2ccsc2)s1)N1CCCCC1c1ncn[nH]1. The molecule has 1 fully saturated rings. The molecule has 4 heterocycles. The number of thiophene rings is 1. The summed E-state index contributed by atoms with van der Waals surface area (Å²) in [6.07, 6.45) is 4.39. The molecule has 124 valence electrons. The Morgan fingerprint density at radius 3 is 3.12 bits per heavy atom. The number of amides is 2. The highest BCUT2D eigenvalue weighted by Crippen LogP contribution is 2.31. The first-order chi connectivity index (χ1) is 11.8. The first-order valence-corrected chi connectivity index (χ1v) is 9.36. The number of anilines is 1. The lowest BCUT2D eigenvalue weighted by Crippen LogP contribution is -2.41. The zero-order chi connectivity index (χ0) is 16.4. The summed E-state index contributed by atoms with van der Waals surface area (Å²) < 4.78 is 0. The zero-order valence-electron chi connectivity index (χ0n) is 12.7. The van der Waals surface area contributed by atoms with E-state index in [0.717, 1.165) is 35.7 Å². The van der Waals surface area contributed by atoms with Crippen LogP contribution in [0.4, 0.5) is 9.93 Å². The first kappa shape index (κ1) is 15.2. The highest BCUT2D eigenvalue weighted by Gasteiger charge is 2.30. The van der Waals surface area contributed by atoms with Crippen molar-refractivity contribution in [2.75, 3.05) is 11.9 Å². The van der Waals surface area contributed by atoms with E-state index < -0.39 is 0 Å². The Kier molecular flexibility index (Phi) is 4.22. The molecule has 0 bridgehead atoms. The Bertz CT molecular complexity index is 799. The van der Waals surface area contributed by atoms with Crippen LogP contribution in [0.25, 0.3) is 10.6 Å². The molecular formula is C14H15N7OS2. The molecule has 2 amide bonds. The highest BCUT2D eigenvalue weighted by atomic mass is 32.1. The van der Waals surface area contributed by atoms with E-state index in [2.05, 4.69) is 30.7 Å². The molecule has 1 unspecified atom stereocenters. The van der Waals surface area contributed by atoms with Crippen molar-refractivity contribution in [2.24, 2.45) is 0 Å². The van der Waals surface area contributed by atoms with Crippen molar-refractivity contribution in [3.05, 3.63) is 29.0 Å². The van der Waals surface area contributed by atoms with E-state index >= 15 is 0 Å². The number of aromatic amines is 1. The maximum Gasteiger partial charge on any atom is 0.324 e. The van der Waals surface area contributed by atoms with Gasteiger partial charge in [-0.05, 0) is 30.7 Å². The molecule has 3 aromatic heterocycles. The van der Waals surface area contributed by atoms with Gasteiger partial charge in [-0.25, -0.2) is 9.78 Å². The minimum atomic E-state index is -0.177. The van der Waals surface area contributed by atoms with Crippen LogP contribution in [0.1, 0.15) is 31.1 Å². The Morgan fingerprint density at radius 1 is 1.38 bits per heavy atom. The van der Waals surface area contributed by atoms with E-state index in [1.807, 2.05) is 16.8 Å². The number of aromatic nitrogens is 5. The predicted octanol–water partition coefficient (Wildman–Crippen LogP) is 3.14. The quantitative estimate of drug-likeness (QED) is 0.746. The van der Waals surface area contributed by atoms with Crippen molar-refractivity contribution in [3.63, 3.8) is 0 Å². The maximum atomic E-state index is 12.7. The molecule has 0 aromatic carbocycles. The monoisotopic (exact) mass is 361 g/mol. The minimum absolute atomic E-state index is 0.0782. The van der Waals surface area contributed by atoms with Gasteiger partial charge in [0.15, 0.2) is 0 Å². The topological polar surface area (TPSA) is 99.7 Å². The van der Waals surface area contributed by atoms with Crippen molar-refractivity contribution in [2.45, 2.75) is 25.3 Å². The number of urea groups is 1. The molecule has 0 aliphatic carbocycles. The van der Waals surface area contributed by atoms with Gasteiger partial charge in [0.1, 0.15) is 17.2 Å². The fourth-order valence-corrected chi connectivity index (χ4v) is 4.22. The van der Waals surface area contributed by atoms with Crippen molar-refractivity contribution in [1.82, 2.24) is 30.3 Å². The van der Waals surface area contributed by atoms with Crippen molar-refractivity contribution in [1.29, 1.82) is 0 Å². The average Bonchev–Trinajstić information content (AvgIpc) is 3.36. The van der Waals surface area contributed by atoms with Crippen LogP contribution in [0.3, 0.4) is 0 Å². The molecule has 1 aliphatic rings. The third kappa shape index (κ3) is 3.02. The number of nitrogens with zero attached hydrogens (tertiary/aromatic N) is 5. The third-order valence-corrected chi connectivity index (χ3v) is 5.49. The molecule has 1 atom stereocenters. The van der Waals surface area contributed by atoms with Crippen LogP contribution in [0, 0.1) is 0 Å². The van der Waals surface area contributed by atoms with Gasteiger partial charge in [-0.2, -0.15) is 16.4 Å². The fraction of sp³-hybridized carbons (Fsp3) is 0.357. The van der Waals surface area contributed by atoms with Crippen LogP contribution in [0.15, 0.2) is 23.2 Å². The first-order valence-electron chi connectivity index (χ1n) is 7.60. The van der Waals surface area contributed by atoms with Gasteiger partial charge in [-0.3, -0.25) is 10.4 Å². The number of H-pyrrole nitrogens is 1.